The van der Waals surface area contributed by atoms with Gasteiger partial charge in [0.2, 0.25) is 0 Å². The molecule has 0 saturated heterocycles. The van der Waals surface area contributed by atoms with Crippen molar-refractivity contribution in [3.8, 4) is 0 Å². The van der Waals surface area contributed by atoms with E-state index in [9.17, 15) is 4.79 Å². The highest BCUT2D eigenvalue weighted by Crippen LogP contribution is 2.00. The SMILES string of the molecule is Cc1nc(NCCCC(C)O)cc(=O)[nH]1. The molecule has 0 aliphatic carbocycles. The highest BCUT2D eigenvalue weighted by atomic mass is 16.3. The van der Waals surface area contributed by atoms with Gasteiger partial charge >= 0.3 is 0 Å². The van der Waals surface area contributed by atoms with Crippen LogP contribution in [0.1, 0.15) is 25.6 Å². The second-order valence-corrected chi connectivity index (χ2v) is 3.63. The van der Waals surface area contributed by atoms with Gasteiger partial charge in [-0.25, -0.2) is 4.98 Å². The van der Waals surface area contributed by atoms with Crippen LogP contribution in [0.5, 0.6) is 0 Å². The maximum absolute atomic E-state index is 11.1. The number of nitrogens with zero attached hydrogens (tertiary/aromatic N) is 1. The summed E-state index contributed by atoms with van der Waals surface area (Å²) in [5.74, 6) is 1.18. The molecule has 3 N–H and O–H groups in total. The zero-order chi connectivity index (χ0) is 11.3. The van der Waals surface area contributed by atoms with Gasteiger partial charge in [-0.2, -0.15) is 0 Å². The normalized spacial score (nSPS) is 12.5. The minimum absolute atomic E-state index is 0.152. The van der Waals surface area contributed by atoms with Gasteiger partial charge in [0, 0.05) is 12.6 Å². The molecule has 0 aromatic carbocycles. The smallest absolute Gasteiger partial charge is 0.252 e. The number of aliphatic hydroxyl groups excluding tert-OH is 1. The summed E-state index contributed by atoms with van der Waals surface area (Å²) < 4.78 is 0. The summed E-state index contributed by atoms with van der Waals surface area (Å²) in [7, 11) is 0. The molecule has 0 spiro atoms. The molecule has 1 aromatic heterocycles. The van der Waals surface area contributed by atoms with E-state index in [1.165, 1.54) is 6.07 Å². The van der Waals surface area contributed by atoms with Gasteiger partial charge in [0.25, 0.3) is 5.56 Å². The number of aryl methyl sites for hydroxylation is 1. The quantitative estimate of drug-likeness (QED) is 0.625. The van der Waals surface area contributed by atoms with Crippen LogP contribution in [0.3, 0.4) is 0 Å². The van der Waals surface area contributed by atoms with Crippen molar-refractivity contribution in [2.45, 2.75) is 32.8 Å². The van der Waals surface area contributed by atoms with E-state index in [1.54, 1.807) is 13.8 Å². The molecular formula is C10H17N3O2. The molecule has 0 aliphatic rings. The number of anilines is 1. The van der Waals surface area contributed by atoms with E-state index in [0.29, 0.717) is 18.2 Å². The Hall–Kier alpha value is -1.36. The fourth-order valence-electron chi connectivity index (χ4n) is 1.28. The van der Waals surface area contributed by atoms with Crippen LogP contribution in [0.15, 0.2) is 10.9 Å². The van der Waals surface area contributed by atoms with Crippen LogP contribution in [0.25, 0.3) is 0 Å². The molecule has 15 heavy (non-hydrogen) atoms. The Morgan fingerprint density at radius 3 is 3.00 bits per heavy atom. The van der Waals surface area contributed by atoms with Crippen molar-refractivity contribution in [1.29, 1.82) is 0 Å². The van der Waals surface area contributed by atoms with Crippen molar-refractivity contribution < 1.29 is 5.11 Å². The van der Waals surface area contributed by atoms with Crippen molar-refractivity contribution >= 4 is 5.82 Å². The molecule has 5 heteroatoms. The number of H-pyrrole nitrogens is 1. The second-order valence-electron chi connectivity index (χ2n) is 3.63. The predicted molar refractivity (Wildman–Crippen MR) is 59.0 cm³/mol. The first kappa shape index (κ1) is 11.7. The largest absolute Gasteiger partial charge is 0.393 e. The van der Waals surface area contributed by atoms with E-state index < -0.39 is 0 Å². The number of rotatable bonds is 5. The molecule has 1 heterocycles. The van der Waals surface area contributed by atoms with Gasteiger partial charge in [0.15, 0.2) is 0 Å². The fourth-order valence-corrected chi connectivity index (χ4v) is 1.28. The first-order valence-electron chi connectivity index (χ1n) is 5.08. The summed E-state index contributed by atoms with van der Waals surface area (Å²) in [6.45, 7) is 4.21. The van der Waals surface area contributed by atoms with Gasteiger partial charge in [0.05, 0.1) is 6.10 Å². The van der Waals surface area contributed by atoms with Crippen LogP contribution in [-0.4, -0.2) is 27.7 Å². The van der Waals surface area contributed by atoms with E-state index in [4.69, 9.17) is 5.11 Å². The third kappa shape index (κ3) is 4.60. The standard InChI is InChI=1S/C10H17N3O2/c1-7(14)4-3-5-11-9-6-10(15)13-8(2)12-9/h6-7,14H,3-5H2,1-2H3,(H2,11,12,13,15). The Bertz CT molecular complexity index is 360. The predicted octanol–water partition coefficient (Wildman–Crippen LogP) is 0.651. The zero-order valence-electron chi connectivity index (χ0n) is 9.08. The number of aromatic nitrogens is 2. The van der Waals surface area contributed by atoms with E-state index in [1.807, 2.05) is 0 Å². The second kappa shape index (κ2) is 5.50. The molecule has 1 unspecified atom stereocenters. The molecule has 0 radical (unpaired) electrons. The Kier molecular flexibility index (Phi) is 4.30. The molecule has 0 saturated carbocycles. The van der Waals surface area contributed by atoms with E-state index in [0.717, 1.165) is 12.8 Å². The topological polar surface area (TPSA) is 78.0 Å². The van der Waals surface area contributed by atoms with Crippen LogP contribution in [0, 0.1) is 6.92 Å². The molecule has 1 aromatic rings. The number of aromatic amines is 1. The lowest BCUT2D eigenvalue weighted by molar-refractivity contribution is 0.183. The Balaban J connectivity index is 2.40. The summed E-state index contributed by atoms with van der Waals surface area (Å²) in [5.41, 5.74) is -0.152. The van der Waals surface area contributed by atoms with Crippen molar-refractivity contribution in [1.82, 2.24) is 9.97 Å². The molecular weight excluding hydrogens is 194 g/mol. The molecule has 84 valence electrons. The van der Waals surface area contributed by atoms with Gasteiger partial charge in [-0.3, -0.25) is 4.79 Å². The van der Waals surface area contributed by atoms with E-state index in [-0.39, 0.29) is 11.7 Å². The number of hydrogen-bond donors (Lipinski definition) is 3. The highest BCUT2D eigenvalue weighted by Gasteiger charge is 1.98. The van der Waals surface area contributed by atoms with Gasteiger partial charge < -0.3 is 15.4 Å². The number of nitrogens with one attached hydrogen (secondary N) is 2. The zero-order valence-corrected chi connectivity index (χ0v) is 9.08. The molecule has 5 nitrogen and oxygen atoms in total. The molecule has 0 bridgehead atoms. The summed E-state index contributed by atoms with van der Waals surface area (Å²) in [4.78, 5) is 17.8. The summed E-state index contributed by atoms with van der Waals surface area (Å²) in [6.07, 6.45) is 1.32. The Labute approximate surface area is 88.6 Å². The average molecular weight is 211 g/mol. The number of hydrogen-bond acceptors (Lipinski definition) is 4. The average Bonchev–Trinajstić information content (AvgIpc) is 2.10. The third-order valence-electron chi connectivity index (χ3n) is 1.96. The van der Waals surface area contributed by atoms with Crippen molar-refractivity contribution in [2.75, 3.05) is 11.9 Å². The monoisotopic (exact) mass is 211 g/mol. The van der Waals surface area contributed by atoms with Gasteiger partial charge in [-0.15, -0.1) is 0 Å². The maximum atomic E-state index is 11.1. The summed E-state index contributed by atoms with van der Waals surface area (Å²) in [6, 6.07) is 1.43. The molecule has 0 fully saturated rings. The summed E-state index contributed by atoms with van der Waals surface area (Å²) >= 11 is 0. The lowest BCUT2D eigenvalue weighted by atomic mass is 10.2. The fraction of sp³-hybridized carbons (Fsp3) is 0.600. The maximum Gasteiger partial charge on any atom is 0.252 e. The van der Waals surface area contributed by atoms with Gasteiger partial charge in [0.1, 0.15) is 11.6 Å². The third-order valence-corrected chi connectivity index (χ3v) is 1.96. The molecule has 0 amide bonds. The van der Waals surface area contributed by atoms with Crippen molar-refractivity contribution in [3.63, 3.8) is 0 Å². The molecule has 1 atom stereocenters. The van der Waals surface area contributed by atoms with Crippen molar-refractivity contribution in [2.24, 2.45) is 0 Å². The van der Waals surface area contributed by atoms with Crippen LogP contribution < -0.4 is 10.9 Å². The van der Waals surface area contributed by atoms with Crippen LogP contribution in [0.4, 0.5) is 5.82 Å². The van der Waals surface area contributed by atoms with Crippen LogP contribution in [0.2, 0.25) is 0 Å². The highest BCUT2D eigenvalue weighted by molar-refractivity contribution is 5.32. The number of aliphatic hydroxyl groups is 1. The lowest BCUT2D eigenvalue weighted by Gasteiger charge is -2.06. The van der Waals surface area contributed by atoms with Crippen LogP contribution >= 0.6 is 0 Å². The van der Waals surface area contributed by atoms with Crippen molar-refractivity contribution in [3.05, 3.63) is 22.2 Å². The van der Waals surface area contributed by atoms with Crippen LogP contribution in [-0.2, 0) is 0 Å². The Morgan fingerprint density at radius 2 is 2.40 bits per heavy atom. The minimum atomic E-state index is -0.277. The molecule has 1 rings (SSSR count). The van der Waals surface area contributed by atoms with Gasteiger partial charge in [-0.05, 0) is 26.7 Å². The van der Waals surface area contributed by atoms with Gasteiger partial charge in [-0.1, -0.05) is 0 Å². The first-order chi connectivity index (χ1) is 7.08. The Morgan fingerprint density at radius 1 is 1.67 bits per heavy atom. The van der Waals surface area contributed by atoms with E-state index >= 15 is 0 Å². The minimum Gasteiger partial charge on any atom is -0.393 e. The summed E-state index contributed by atoms with van der Waals surface area (Å²) in [5, 5.41) is 12.1. The first-order valence-corrected chi connectivity index (χ1v) is 5.08. The van der Waals surface area contributed by atoms with E-state index in [2.05, 4.69) is 15.3 Å². The lowest BCUT2D eigenvalue weighted by Crippen LogP contribution is -2.13. The molecule has 0 aliphatic heterocycles.